The molecular formula is C23H21N5O3S. The standard InChI is InChI=1S/C23H21N5O3S/c1-4-28-21(18-12-14-8-7-11-17(30-3)19(14)31-18)26-27-23(28)32-13(2)20-24-16-10-6-5-9-15(16)22(29)25-20/h5-13,15H,4H2,1-3H3. The van der Waals surface area contributed by atoms with Crippen molar-refractivity contribution in [1.82, 2.24) is 14.8 Å². The van der Waals surface area contributed by atoms with Crippen LogP contribution in [0.5, 0.6) is 5.75 Å². The average molecular weight is 448 g/mol. The summed E-state index contributed by atoms with van der Waals surface area (Å²) in [5.41, 5.74) is 1.40. The van der Waals surface area contributed by atoms with Gasteiger partial charge in [0.05, 0.1) is 18.1 Å². The van der Waals surface area contributed by atoms with Gasteiger partial charge in [-0.1, -0.05) is 42.1 Å². The highest BCUT2D eigenvalue weighted by Crippen LogP contribution is 2.34. The van der Waals surface area contributed by atoms with E-state index in [0.717, 1.165) is 11.1 Å². The lowest BCUT2D eigenvalue weighted by molar-refractivity contribution is -0.118. The first kappa shape index (κ1) is 20.4. The maximum Gasteiger partial charge on any atom is 0.260 e. The smallest absolute Gasteiger partial charge is 0.260 e. The minimum Gasteiger partial charge on any atom is -0.493 e. The SMILES string of the molecule is CCn1c(SC(C)C2=NC(=O)C3C=CC=CC3=N2)nnc1-c1cc2cccc(OC)c2o1. The van der Waals surface area contributed by atoms with E-state index in [-0.39, 0.29) is 17.1 Å². The topological polar surface area (TPSA) is 94.9 Å². The van der Waals surface area contributed by atoms with E-state index in [9.17, 15) is 4.79 Å². The molecule has 2 aromatic heterocycles. The van der Waals surface area contributed by atoms with Crippen molar-refractivity contribution in [3.05, 3.63) is 48.6 Å². The van der Waals surface area contributed by atoms with Gasteiger partial charge in [-0.25, -0.2) is 4.99 Å². The van der Waals surface area contributed by atoms with Gasteiger partial charge in [-0.15, -0.1) is 10.2 Å². The molecule has 2 aliphatic rings. The van der Waals surface area contributed by atoms with Crippen molar-refractivity contribution in [2.45, 2.75) is 30.8 Å². The molecule has 5 rings (SSSR count). The number of aromatic nitrogens is 3. The number of para-hydroxylation sites is 1. The van der Waals surface area contributed by atoms with Crippen LogP contribution in [0.3, 0.4) is 0 Å². The van der Waals surface area contributed by atoms with E-state index < -0.39 is 0 Å². The molecule has 0 saturated heterocycles. The molecular weight excluding hydrogens is 426 g/mol. The number of methoxy groups -OCH3 is 1. The molecule has 0 bridgehead atoms. The maximum atomic E-state index is 12.4. The molecule has 162 valence electrons. The molecule has 3 heterocycles. The van der Waals surface area contributed by atoms with Crippen LogP contribution in [-0.2, 0) is 11.3 Å². The normalized spacial score (nSPS) is 18.5. The van der Waals surface area contributed by atoms with E-state index in [0.29, 0.717) is 40.5 Å². The fourth-order valence-electron chi connectivity index (χ4n) is 3.73. The highest BCUT2D eigenvalue weighted by Gasteiger charge is 2.29. The van der Waals surface area contributed by atoms with Gasteiger partial charge in [0, 0.05) is 11.9 Å². The zero-order valence-corrected chi connectivity index (χ0v) is 18.7. The Hall–Kier alpha value is -3.46. The fourth-order valence-corrected chi connectivity index (χ4v) is 4.69. The molecule has 1 amide bonds. The van der Waals surface area contributed by atoms with Gasteiger partial charge >= 0.3 is 0 Å². The first-order chi connectivity index (χ1) is 15.6. The lowest BCUT2D eigenvalue weighted by atomic mass is 9.96. The number of amides is 1. The van der Waals surface area contributed by atoms with E-state index >= 15 is 0 Å². The first-order valence-electron chi connectivity index (χ1n) is 10.3. The molecule has 2 unspecified atom stereocenters. The quantitative estimate of drug-likeness (QED) is 0.522. The third-order valence-corrected chi connectivity index (χ3v) is 6.44. The Balaban J connectivity index is 1.44. The van der Waals surface area contributed by atoms with Crippen molar-refractivity contribution in [2.75, 3.05) is 7.11 Å². The van der Waals surface area contributed by atoms with Gasteiger partial charge in [0.2, 0.25) is 5.82 Å². The molecule has 1 aliphatic heterocycles. The van der Waals surface area contributed by atoms with Crippen LogP contribution >= 0.6 is 11.8 Å². The molecule has 32 heavy (non-hydrogen) atoms. The lowest BCUT2D eigenvalue weighted by Gasteiger charge is -2.20. The summed E-state index contributed by atoms with van der Waals surface area (Å²) in [6.07, 6.45) is 7.41. The number of thioether (sulfide) groups is 1. The van der Waals surface area contributed by atoms with E-state index in [1.54, 1.807) is 7.11 Å². The van der Waals surface area contributed by atoms with Crippen molar-refractivity contribution in [3.63, 3.8) is 0 Å². The predicted molar refractivity (Wildman–Crippen MR) is 124 cm³/mol. The van der Waals surface area contributed by atoms with Gasteiger partial charge < -0.3 is 9.15 Å². The van der Waals surface area contributed by atoms with Gasteiger partial charge in [-0.3, -0.25) is 9.36 Å². The second-order valence-corrected chi connectivity index (χ2v) is 8.67. The highest BCUT2D eigenvalue weighted by molar-refractivity contribution is 8.00. The number of carbonyl (C=O) groups is 1. The molecule has 0 saturated carbocycles. The summed E-state index contributed by atoms with van der Waals surface area (Å²) in [5.74, 6) is 1.85. The van der Waals surface area contributed by atoms with Crippen molar-refractivity contribution < 1.29 is 13.9 Å². The Labute approximate surface area is 188 Å². The van der Waals surface area contributed by atoms with Crippen LogP contribution in [0.15, 0.2) is 68.1 Å². The second kappa shape index (κ2) is 8.23. The number of rotatable bonds is 6. The molecule has 3 aromatic rings. The zero-order valence-electron chi connectivity index (χ0n) is 17.8. The van der Waals surface area contributed by atoms with Crippen LogP contribution in [0.25, 0.3) is 22.6 Å². The molecule has 0 fully saturated rings. The lowest BCUT2D eigenvalue weighted by Crippen LogP contribution is -2.30. The van der Waals surface area contributed by atoms with E-state index in [1.807, 2.05) is 67.0 Å². The van der Waals surface area contributed by atoms with Crippen LogP contribution in [0, 0.1) is 5.92 Å². The van der Waals surface area contributed by atoms with Crippen LogP contribution in [0.4, 0.5) is 0 Å². The van der Waals surface area contributed by atoms with Gasteiger partial charge in [0.1, 0.15) is 11.8 Å². The Morgan fingerprint density at radius 1 is 1.25 bits per heavy atom. The van der Waals surface area contributed by atoms with Crippen LogP contribution in [-0.4, -0.2) is 44.6 Å². The van der Waals surface area contributed by atoms with Gasteiger partial charge in [-0.2, -0.15) is 4.99 Å². The van der Waals surface area contributed by atoms with Crippen LogP contribution in [0.1, 0.15) is 13.8 Å². The monoisotopic (exact) mass is 447 g/mol. The maximum absolute atomic E-state index is 12.4. The second-order valence-electron chi connectivity index (χ2n) is 7.37. The van der Waals surface area contributed by atoms with Gasteiger partial charge in [0.15, 0.2) is 22.2 Å². The Bertz CT molecular complexity index is 1330. The number of amidine groups is 1. The molecule has 8 nitrogen and oxygen atoms in total. The number of nitrogens with zero attached hydrogens (tertiary/aromatic N) is 5. The van der Waals surface area contributed by atoms with Gasteiger partial charge in [0.25, 0.3) is 5.91 Å². The minimum atomic E-state index is -0.378. The average Bonchev–Trinajstić information content (AvgIpc) is 3.42. The number of benzene rings is 1. The summed E-state index contributed by atoms with van der Waals surface area (Å²) in [6, 6.07) is 7.68. The van der Waals surface area contributed by atoms with Crippen LogP contribution < -0.4 is 4.74 Å². The summed E-state index contributed by atoms with van der Waals surface area (Å²) in [7, 11) is 1.62. The molecule has 1 aliphatic carbocycles. The number of hydrogen-bond donors (Lipinski definition) is 0. The number of carbonyl (C=O) groups excluding carboxylic acids is 1. The molecule has 0 N–H and O–H groups in total. The highest BCUT2D eigenvalue weighted by atomic mass is 32.2. The third kappa shape index (κ3) is 3.48. The van der Waals surface area contributed by atoms with Crippen molar-refractivity contribution in [1.29, 1.82) is 0 Å². The van der Waals surface area contributed by atoms with Gasteiger partial charge in [-0.05, 0) is 32.1 Å². The number of ether oxygens (including phenoxy) is 1. The number of hydrogen-bond acceptors (Lipinski definition) is 7. The largest absolute Gasteiger partial charge is 0.493 e. The summed E-state index contributed by atoms with van der Waals surface area (Å²) in [5, 5.41) is 10.2. The van der Waals surface area contributed by atoms with E-state index in [1.165, 1.54) is 11.8 Å². The molecule has 2 atom stereocenters. The first-order valence-corrected chi connectivity index (χ1v) is 11.2. The number of furan rings is 1. The number of fused-ring (bicyclic) bond motifs is 2. The summed E-state index contributed by atoms with van der Waals surface area (Å²) in [6.45, 7) is 4.64. The van der Waals surface area contributed by atoms with E-state index in [2.05, 4.69) is 20.2 Å². The summed E-state index contributed by atoms with van der Waals surface area (Å²) >= 11 is 1.46. The number of aliphatic imine (C=N–C) groups is 2. The minimum absolute atomic E-state index is 0.176. The summed E-state index contributed by atoms with van der Waals surface area (Å²) < 4.78 is 13.4. The Kier molecular flexibility index (Phi) is 5.26. The van der Waals surface area contributed by atoms with Crippen molar-refractivity contribution >= 4 is 40.2 Å². The Morgan fingerprint density at radius 3 is 2.94 bits per heavy atom. The number of allylic oxidation sites excluding steroid dienone is 3. The van der Waals surface area contributed by atoms with Crippen LogP contribution in [0.2, 0.25) is 0 Å². The fraction of sp³-hybridized carbons (Fsp3) is 0.261. The van der Waals surface area contributed by atoms with Crippen molar-refractivity contribution in [3.8, 4) is 17.3 Å². The zero-order chi connectivity index (χ0) is 22.2. The predicted octanol–water partition coefficient (Wildman–Crippen LogP) is 4.32. The Morgan fingerprint density at radius 2 is 2.12 bits per heavy atom. The van der Waals surface area contributed by atoms with Crippen molar-refractivity contribution in [2.24, 2.45) is 15.9 Å². The summed E-state index contributed by atoms with van der Waals surface area (Å²) in [4.78, 5) is 21.3. The molecule has 9 heteroatoms. The third-order valence-electron chi connectivity index (χ3n) is 5.36. The molecule has 0 radical (unpaired) electrons. The van der Waals surface area contributed by atoms with E-state index in [4.69, 9.17) is 9.15 Å². The molecule has 0 spiro atoms. The molecule has 1 aromatic carbocycles.